The van der Waals surface area contributed by atoms with Gasteiger partial charge in [-0.3, -0.25) is 4.98 Å². The Bertz CT molecular complexity index is 1110. The Morgan fingerprint density at radius 2 is 1.77 bits per heavy atom. The molecule has 2 aromatic carbocycles. The Balaban J connectivity index is 1.80. The van der Waals surface area contributed by atoms with E-state index in [2.05, 4.69) is 29.2 Å². The topological polar surface area (TPSA) is 55.5 Å². The maximum atomic E-state index is 10.3. The zero-order valence-corrected chi connectivity index (χ0v) is 15.5. The van der Waals surface area contributed by atoms with Gasteiger partial charge in [-0.15, -0.1) is 0 Å². The molecule has 132 valence electrons. The summed E-state index contributed by atoms with van der Waals surface area (Å²) in [6.07, 6.45) is 3.59. The van der Waals surface area contributed by atoms with Crippen LogP contribution < -0.4 is 5.46 Å². The fourth-order valence-electron chi connectivity index (χ4n) is 3.02. The van der Waals surface area contributed by atoms with Crippen molar-refractivity contribution < 1.29 is 14.2 Å². The van der Waals surface area contributed by atoms with E-state index in [4.69, 9.17) is 9.07 Å². The van der Waals surface area contributed by atoms with Gasteiger partial charge in [0.15, 0.2) is 0 Å². The number of nitrogens with zero attached hydrogens (tertiary/aromatic N) is 1. The average Bonchev–Trinajstić information content (AvgIpc) is 2.98. The molecule has 2 aromatic heterocycles. The number of benzene rings is 2. The van der Waals surface area contributed by atoms with Gasteiger partial charge in [-0.1, -0.05) is 29.7 Å². The second-order valence-electron chi connectivity index (χ2n) is 7.83. The smallest absolute Gasteiger partial charge is 0.309 e. The molecule has 0 bridgehead atoms. The Labute approximate surface area is 153 Å². The van der Waals surface area contributed by atoms with Gasteiger partial charge in [-0.05, 0) is 50.6 Å². The lowest BCUT2D eigenvalue weighted by molar-refractivity contribution is -0.0893. The monoisotopic (exact) mass is 347 g/mol. The minimum absolute atomic E-state index is 0.428. The van der Waals surface area contributed by atoms with Gasteiger partial charge in [0.25, 0.3) is 0 Å². The summed E-state index contributed by atoms with van der Waals surface area (Å²) in [5.41, 5.74) is 1.17. The van der Waals surface area contributed by atoms with Gasteiger partial charge in [0, 0.05) is 23.2 Å². The first-order valence-electron chi connectivity index (χ1n) is 8.80. The molecule has 0 amide bonds. The third-order valence-electron chi connectivity index (χ3n) is 5.39. The molecule has 5 heteroatoms. The van der Waals surface area contributed by atoms with E-state index in [1.165, 1.54) is 0 Å². The van der Waals surface area contributed by atoms with Gasteiger partial charge in [0.2, 0.25) is 0 Å². The molecule has 0 aliphatic carbocycles. The van der Waals surface area contributed by atoms with Gasteiger partial charge in [0.1, 0.15) is 11.2 Å². The number of aliphatic hydroxyl groups is 1. The summed E-state index contributed by atoms with van der Waals surface area (Å²) in [6, 6.07) is 12.3. The highest BCUT2D eigenvalue weighted by Crippen LogP contribution is 2.33. The van der Waals surface area contributed by atoms with Crippen LogP contribution in [-0.2, 0) is 4.65 Å². The highest BCUT2D eigenvalue weighted by molar-refractivity contribution is 6.47. The quantitative estimate of drug-likeness (QED) is 0.572. The van der Waals surface area contributed by atoms with Gasteiger partial charge in [0.05, 0.1) is 11.2 Å². The number of hydrogen-bond acceptors (Lipinski definition) is 4. The second-order valence-corrected chi connectivity index (χ2v) is 7.83. The largest absolute Gasteiger partial charge is 0.456 e. The Morgan fingerprint density at radius 3 is 2.54 bits per heavy atom. The second kappa shape index (κ2) is 5.83. The maximum absolute atomic E-state index is 10.3. The molecule has 0 unspecified atom stereocenters. The molecule has 0 aliphatic heterocycles. The zero-order chi connectivity index (χ0) is 18.5. The Hall–Kier alpha value is -2.37. The summed E-state index contributed by atoms with van der Waals surface area (Å²) < 4.78 is 12.0. The lowest BCUT2D eigenvalue weighted by Gasteiger charge is -2.37. The fraction of sp³-hybridized carbons (Fsp3) is 0.286. The molecule has 0 radical (unpaired) electrons. The maximum Gasteiger partial charge on any atom is 0.309 e. The molecule has 0 spiro atoms. The van der Waals surface area contributed by atoms with Crippen LogP contribution in [0.2, 0.25) is 0 Å². The molecule has 4 aromatic rings. The predicted octanol–water partition coefficient (Wildman–Crippen LogP) is 3.68. The molecule has 1 N–H and O–H groups in total. The Kier molecular flexibility index (Phi) is 3.83. The van der Waals surface area contributed by atoms with Crippen molar-refractivity contribution in [1.82, 2.24) is 4.98 Å². The van der Waals surface area contributed by atoms with Crippen LogP contribution >= 0.6 is 0 Å². The van der Waals surface area contributed by atoms with Crippen molar-refractivity contribution in [3.8, 4) is 0 Å². The third-order valence-corrected chi connectivity index (χ3v) is 5.39. The van der Waals surface area contributed by atoms with E-state index in [-0.39, 0.29) is 0 Å². The van der Waals surface area contributed by atoms with Gasteiger partial charge in [-0.25, -0.2) is 0 Å². The molecule has 4 rings (SSSR count). The van der Waals surface area contributed by atoms with Gasteiger partial charge in [-0.2, -0.15) is 0 Å². The predicted molar refractivity (Wildman–Crippen MR) is 107 cm³/mol. The summed E-state index contributed by atoms with van der Waals surface area (Å²) in [7, 11) is 0.428. The van der Waals surface area contributed by atoms with E-state index in [1.54, 1.807) is 20.0 Å². The molecular weight excluding hydrogens is 325 g/mol. The van der Waals surface area contributed by atoms with Crippen molar-refractivity contribution in [2.24, 2.45) is 0 Å². The summed E-state index contributed by atoms with van der Waals surface area (Å²) in [6.45, 7) is 7.34. The summed E-state index contributed by atoms with van der Waals surface area (Å²) in [5, 5.41) is 14.6. The molecule has 0 aliphatic rings. The number of aromatic nitrogens is 1. The first-order chi connectivity index (χ1) is 12.3. The van der Waals surface area contributed by atoms with E-state index in [0.29, 0.717) is 7.48 Å². The minimum atomic E-state index is -0.927. The molecule has 0 saturated heterocycles. The van der Waals surface area contributed by atoms with Crippen LogP contribution in [0.3, 0.4) is 0 Å². The lowest BCUT2D eigenvalue weighted by atomic mass is 9.81. The average molecular weight is 347 g/mol. The van der Waals surface area contributed by atoms with Crippen molar-refractivity contribution in [2.75, 3.05) is 0 Å². The van der Waals surface area contributed by atoms with Crippen LogP contribution in [0.1, 0.15) is 27.7 Å². The van der Waals surface area contributed by atoms with Crippen molar-refractivity contribution in [1.29, 1.82) is 0 Å². The van der Waals surface area contributed by atoms with Gasteiger partial charge < -0.3 is 14.2 Å². The number of rotatable bonds is 4. The molecule has 0 fully saturated rings. The van der Waals surface area contributed by atoms with Crippen LogP contribution in [-0.4, -0.2) is 28.8 Å². The standard InChI is InChI=1S/C21H22BNO3/c1-20(2,24)21(3,4)26-22-14-7-5-13-6-8-18-19(15(13)11-14)16-12-23-10-9-17(16)25-18/h5-12,22,24H,1-4H3. The molecule has 0 saturated carbocycles. The van der Waals surface area contributed by atoms with Crippen LogP contribution in [0.4, 0.5) is 0 Å². The molecule has 4 nitrogen and oxygen atoms in total. The van der Waals surface area contributed by atoms with Crippen LogP contribution in [0, 0.1) is 0 Å². The van der Waals surface area contributed by atoms with Crippen molar-refractivity contribution in [3.05, 3.63) is 48.8 Å². The van der Waals surface area contributed by atoms with Crippen LogP contribution in [0.25, 0.3) is 32.7 Å². The Morgan fingerprint density at radius 1 is 1.00 bits per heavy atom. The number of furan rings is 1. The first kappa shape index (κ1) is 17.1. The molecular formula is C21H22BNO3. The molecule has 2 heterocycles. The van der Waals surface area contributed by atoms with E-state index >= 15 is 0 Å². The molecule has 26 heavy (non-hydrogen) atoms. The van der Waals surface area contributed by atoms with E-state index < -0.39 is 11.2 Å². The van der Waals surface area contributed by atoms with E-state index in [1.807, 2.05) is 32.2 Å². The number of fused-ring (bicyclic) bond motifs is 5. The normalized spacial score (nSPS) is 13.0. The van der Waals surface area contributed by atoms with Crippen LogP contribution in [0.15, 0.2) is 53.2 Å². The summed E-state index contributed by atoms with van der Waals surface area (Å²) >= 11 is 0. The van der Waals surface area contributed by atoms with Crippen molar-refractivity contribution in [3.63, 3.8) is 0 Å². The highest BCUT2D eigenvalue weighted by Gasteiger charge is 2.35. The van der Waals surface area contributed by atoms with Crippen LogP contribution in [0.5, 0.6) is 0 Å². The van der Waals surface area contributed by atoms with Crippen molar-refractivity contribution in [2.45, 2.75) is 38.9 Å². The third kappa shape index (κ3) is 2.77. The van der Waals surface area contributed by atoms with E-state index in [9.17, 15) is 5.11 Å². The minimum Gasteiger partial charge on any atom is -0.456 e. The zero-order valence-electron chi connectivity index (χ0n) is 15.5. The SMILES string of the molecule is CC(C)(O)C(C)(C)OBc1ccc2ccc3oc4ccncc4c3c2c1. The highest BCUT2D eigenvalue weighted by atomic mass is 16.5. The number of pyridine rings is 1. The van der Waals surface area contributed by atoms with Gasteiger partial charge >= 0.3 is 7.48 Å². The summed E-state index contributed by atoms with van der Waals surface area (Å²) in [5.74, 6) is 0. The van der Waals surface area contributed by atoms with Crippen molar-refractivity contribution >= 4 is 45.7 Å². The first-order valence-corrected chi connectivity index (χ1v) is 8.80. The fourth-order valence-corrected chi connectivity index (χ4v) is 3.02. The van der Waals surface area contributed by atoms with E-state index in [0.717, 1.165) is 38.2 Å². The lowest BCUT2D eigenvalue weighted by Crippen LogP contribution is -2.49. The summed E-state index contributed by atoms with van der Waals surface area (Å²) in [4.78, 5) is 4.25. The number of hydrogen-bond donors (Lipinski definition) is 1. The molecule has 0 atom stereocenters.